The predicted octanol–water partition coefficient (Wildman–Crippen LogP) is 3.72. The first kappa shape index (κ1) is 22.8. The van der Waals surface area contributed by atoms with Gasteiger partial charge < -0.3 is 5.32 Å². The molecule has 5 nitrogen and oxygen atoms in total. The Kier molecular flexibility index (Phi) is 7.57. The summed E-state index contributed by atoms with van der Waals surface area (Å²) in [5, 5.41) is 3.51. The highest BCUT2D eigenvalue weighted by molar-refractivity contribution is 7.89. The Balaban J connectivity index is 1.58. The summed E-state index contributed by atoms with van der Waals surface area (Å²) in [5.41, 5.74) is 0.725. The lowest BCUT2D eigenvalue weighted by Gasteiger charge is -2.30. The largest absolute Gasteiger partial charge is 0.302 e. The number of hydrogen-bond donors (Lipinski definition) is 2. The Morgan fingerprint density at radius 2 is 1.63 bits per heavy atom. The Morgan fingerprint density at radius 1 is 1.00 bits per heavy atom. The molecule has 3 rings (SSSR count). The molecule has 0 saturated heterocycles. The second kappa shape index (κ2) is 9.96. The highest BCUT2D eigenvalue weighted by Gasteiger charge is 2.25. The average molecular weight is 438 g/mol. The van der Waals surface area contributed by atoms with E-state index in [1.807, 2.05) is 0 Å². The van der Waals surface area contributed by atoms with Gasteiger partial charge in [0.15, 0.2) is 0 Å². The minimum Gasteiger partial charge on any atom is -0.302 e. The third kappa shape index (κ3) is 5.85. The van der Waals surface area contributed by atoms with E-state index in [2.05, 4.69) is 28.9 Å². The zero-order chi connectivity index (χ0) is 21.7. The van der Waals surface area contributed by atoms with Crippen LogP contribution >= 0.6 is 0 Å². The lowest BCUT2D eigenvalue weighted by atomic mass is 9.92. The van der Waals surface area contributed by atoms with Crippen LogP contribution in [-0.4, -0.2) is 45.7 Å². The molecule has 30 heavy (non-hydrogen) atoms. The maximum atomic E-state index is 14.0. The topological polar surface area (TPSA) is 61.4 Å². The van der Waals surface area contributed by atoms with Crippen LogP contribution in [0.2, 0.25) is 0 Å². The number of hydrogen-bond acceptors (Lipinski definition) is 4. The smallest absolute Gasteiger partial charge is 0.240 e. The van der Waals surface area contributed by atoms with E-state index in [-0.39, 0.29) is 16.5 Å². The lowest BCUT2D eigenvalue weighted by Crippen LogP contribution is -2.44. The van der Waals surface area contributed by atoms with Gasteiger partial charge in [-0.25, -0.2) is 21.9 Å². The van der Waals surface area contributed by atoms with E-state index in [9.17, 15) is 17.2 Å². The molecule has 0 spiro atoms. The lowest BCUT2D eigenvalue weighted by molar-refractivity contribution is 0.260. The van der Waals surface area contributed by atoms with Gasteiger partial charge in [-0.05, 0) is 69.1 Å². The van der Waals surface area contributed by atoms with Crippen molar-refractivity contribution < 1.29 is 17.2 Å². The van der Waals surface area contributed by atoms with Gasteiger partial charge in [-0.2, -0.15) is 0 Å². The summed E-state index contributed by atoms with van der Waals surface area (Å²) >= 11 is 0. The third-order valence-electron chi connectivity index (χ3n) is 5.65. The Labute approximate surface area is 177 Å². The second-order valence-corrected chi connectivity index (χ2v) is 9.57. The van der Waals surface area contributed by atoms with Gasteiger partial charge in [-0.1, -0.05) is 19.1 Å². The van der Waals surface area contributed by atoms with Gasteiger partial charge in [0.25, 0.3) is 0 Å². The van der Waals surface area contributed by atoms with Crippen molar-refractivity contribution in [2.75, 3.05) is 20.3 Å². The van der Waals surface area contributed by atoms with Crippen molar-refractivity contribution in [2.45, 2.75) is 49.6 Å². The molecule has 0 aromatic heterocycles. The zero-order valence-electron chi connectivity index (χ0n) is 17.4. The van der Waals surface area contributed by atoms with Gasteiger partial charge in [-0.15, -0.1) is 0 Å². The molecule has 0 aliphatic heterocycles. The summed E-state index contributed by atoms with van der Waals surface area (Å²) in [4.78, 5) is 2.33. The van der Waals surface area contributed by atoms with E-state index >= 15 is 0 Å². The van der Waals surface area contributed by atoms with Crippen molar-refractivity contribution in [3.05, 3.63) is 54.1 Å². The van der Waals surface area contributed by atoms with Gasteiger partial charge in [0, 0.05) is 30.4 Å². The highest BCUT2D eigenvalue weighted by Crippen LogP contribution is 2.26. The maximum Gasteiger partial charge on any atom is 0.240 e. The van der Waals surface area contributed by atoms with E-state index in [4.69, 9.17) is 0 Å². The fourth-order valence-corrected chi connectivity index (χ4v) is 4.94. The fraction of sp³-hybridized carbons (Fsp3) is 0.455. The standard InChI is InChI=1S/C22H29F2N3O2S/c1-3-27(2)15-25-18-7-9-19(10-8-18)26-30(28,29)20-11-4-16(5-12-20)21-13-6-17(23)14-22(21)24/h4-6,11-14,18-19,25-26H,3,7-10,15H2,1-2H3. The van der Waals surface area contributed by atoms with Crippen molar-refractivity contribution in [1.29, 1.82) is 0 Å². The number of halogens is 2. The molecular formula is C22H29F2N3O2S. The molecule has 164 valence electrons. The summed E-state index contributed by atoms with van der Waals surface area (Å²) in [6, 6.07) is 9.63. The normalized spacial score (nSPS) is 19.9. The predicted molar refractivity (Wildman–Crippen MR) is 114 cm³/mol. The fourth-order valence-electron chi connectivity index (χ4n) is 3.64. The van der Waals surface area contributed by atoms with Crippen LogP contribution in [0.5, 0.6) is 0 Å². The Hall–Kier alpha value is -1.87. The first-order valence-electron chi connectivity index (χ1n) is 10.3. The Morgan fingerprint density at radius 3 is 2.23 bits per heavy atom. The molecule has 0 atom stereocenters. The van der Waals surface area contributed by atoms with Crippen LogP contribution in [0, 0.1) is 11.6 Å². The molecule has 0 bridgehead atoms. The molecule has 1 fully saturated rings. The van der Waals surface area contributed by atoms with Crippen molar-refractivity contribution in [3.8, 4) is 11.1 Å². The van der Waals surface area contributed by atoms with Gasteiger partial charge in [-0.3, -0.25) is 4.90 Å². The van der Waals surface area contributed by atoms with Crippen LogP contribution in [0.15, 0.2) is 47.4 Å². The molecule has 1 aliphatic carbocycles. The van der Waals surface area contributed by atoms with Gasteiger partial charge in [0.2, 0.25) is 10.0 Å². The monoisotopic (exact) mass is 437 g/mol. The van der Waals surface area contributed by atoms with Crippen molar-refractivity contribution in [2.24, 2.45) is 0 Å². The summed E-state index contributed by atoms with van der Waals surface area (Å²) in [6.45, 7) is 3.92. The van der Waals surface area contributed by atoms with Crippen LogP contribution in [0.4, 0.5) is 8.78 Å². The van der Waals surface area contributed by atoms with E-state index in [1.165, 1.54) is 36.4 Å². The van der Waals surface area contributed by atoms with Crippen LogP contribution in [0.1, 0.15) is 32.6 Å². The number of nitrogens with zero attached hydrogens (tertiary/aromatic N) is 1. The number of benzene rings is 2. The third-order valence-corrected chi connectivity index (χ3v) is 7.18. The van der Waals surface area contributed by atoms with Gasteiger partial charge in [0.05, 0.1) is 4.90 Å². The molecule has 1 aliphatic rings. The van der Waals surface area contributed by atoms with Crippen LogP contribution in [-0.2, 0) is 10.0 Å². The molecule has 0 radical (unpaired) electrons. The zero-order valence-corrected chi connectivity index (χ0v) is 18.2. The number of rotatable bonds is 8. The summed E-state index contributed by atoms with van der Waals surface area (Å²) in [6.07, 6.45) is 3.41. The molecular weight excluding hydrogens is 408 g/mol. The summed E-state index contributed by atoms with van der Waals surface area (Å²) < 4.78 is 55.3. The first-order valence-corrected chi connectivity index (χ1v) is 11.8. The van der Waals surface area contributed by atoms with Crippen molar-refractivity contribution >= 4 is 10.0 Å². The average Bonchev–Trinajstić information content (AvgIpc) is 2.73. The van der Waals surface area contributed by atoms with Crippen LogP contribution in [0.3, 0.4) is 0 Å². The van der Waals surface area contributed by atoms with Crippen LogP contribution in [0.25, 0.3) is 11.1 Å². The quantitative estimate of drug-likeness (QED) is 0.618. The molecule has 2 N–H and O–H groups in total. The summed E-state index contributed by atoms with van der Waals surface area (Å²) in [7, 11) is -1.60. The molecule has 0 amide bonds. The molecule has 0 heterocycles. The van der Waals surface area contributed by atoms with Crippen molar-refractivity contribution in [1.82, 2.24) is 14.9 Å². The van der Waals surface area contributed by atoms with E-state index in [1.54, 1.807) is 0 Å². The molecule has 8 heteroatoms. The minimum atomic E-state index is -3.66. The first-order chi connectivity index (χ1) is 14.3. The second-order valence-electron chi connectivity index (χ2n) is 7.85. The van der Waals surface area contributed by atoms with Gasteiger partial charge >= 0.3 is 0 Å². The molecule has 0 unspecified atom stereocenters. The van der Waals surface area contributed by atoms with E-state index in [0.29, 0.717) is 11.6 Å². The van der Waals surface area contributed by atoms with Crippen LogP contribution < -0.4 is 10.0 Å². The Bertz CT molecular complexity index is 943. The molecule has 1 saturated carbocycles. The molecule has 2 aromatic rings. The molecule has 2 aromatic carbocycles. The van der Waals surface area contributed by atoms with E-state index < -0.39 is 21.7 Å². The summed E-state index contributed by atoms with van der Waals surface area (Å²) in [5.74, 6) is -1.33. The minimum absolute atomic E-state index is 0.0915. The van der Waals surface area contributed by atoms with Gasteiger partial charge in [0.1, 0.15) is 11.6 Å². The highest BCUT2D eigenvalue weighted by atomic mass is 32.2. The number of sulfonamides is 1. The maximum absolute atomic E-state index is 14.0. The SMILES string of the molecule is CCN(C)CNC1CCC(NS(=O)(=O)c2ccc(-c3ccc(F)cc3F)cc2)CC1. The van der Waals surface area contributed by atoms with Crippen molar-refractivity contribution in [3.63, 3.8) is 0 Å². The number of nitrogens with one attached hydrogen (secondary N) is 2. The van der Waals surface area contributed by atoms with E-state index in [0.717, 1.165) is 45.0 Å².